The Kier molecular flexibility index (Phi) is 5.59. The summed E-state index contributed by atoms with van der Waals surface area (Å²) in [5.41, 5.74) is 3.07. The number of alkyl halides is 1. The maximum absolute atomic E-state index is 6.32. The molecule has 2 aromatic heterocycles. The van der Waals surface area contributed by atoms with E-state index >= 15 is 0 Å². The monoisotopic (exact) mass is 308 g/mol. The van der Waals surface area contributed by atoms with Gasteiger partial charge in [-0.25, -0.2) is 9.97 Å². The first kappa shape index (κ1) is 16.2. The van der Waals surface area contributed by atoms with Crippen LogP contribution in [-0.2, 0) is 6.54 Å². The second-order valence-corrected chi connectivity index (χ2v) is 6.13. The Morgan fingerprint density at radius 3 is 2.71 bits per heavy atom. The van der Waals surface area contributed by atoms with Gasteiger partial charge in [0.1, 0.15) is 11.3 Å². The van der Waals surface area contributed by atoms with Gasteiger partial charge < -0.3 is 9.47 Å². The van der Waals surface area contributed by atoms with E-state index < -0.39 is 0 Å². The number of imidazole rings is 1. The highest BCUT2D eigenvalue weighted by atomic mass is 35.5. The smallest absolute Gasteiger partial charge is 0.160 e. The van der Waals surface area contributed by atoms with Crippen molar-refractivity contribution in [2.45, 2.75) is 46.0 Å². The molecule has 0 N–H and O–H groups in total. The van der Waals surface area contributed by atoms with Crippen molar-refractivity contribution in [2.24, 2.45) is 0 Å². The van der Waals surface area contributed by atoms with Crippen LogP contribution in [0, 0.1) is 6.92 Å². The lowest BCUT2D eigenvalue weighted by atomic mass is 10.3. The van der Waals surface area contributed by atoms with Gasteiger partial charge in [0.25, 0.3) is 0 Å². The zero-order valence-electron chi connectivity index (χ0n) is 13.4. The van der Waals surface area contributed by atoms with E-state index in [0.29, 0.717) is 0 Å². The van der Waals surface area contributed by atoms with Crippen LogP contribution in [0.2, 0.25) is 0 Å². The maximum Gasteiger partial charge on any atom is 0.160 e. The van der Waals surface area contributed by atoms with Gasteiger partial charge in [0, 0.05) is 19.3 Å². The summed E-state index contributed by atoms with van der Waals surface area (Å²) in [5, 5.41) is -0.111. The molecular weight excluding hydrogens is 284 g/mol. The number of aryl methyl sites for hydroxylation is 1. The molecule has 2 aromatic rings. The summed E-state index contributed by atoms with van der Waals surface area (Å²) in [6, 6.07) is 2.00. The Morgan fingerprint density at radius 2 is 2.10 bits per heavy atom. The highest BCUT2D eigenvalue weighted by Gasteiger charge is 2.17. The lowest BCUT2D eigenvalue weighted by molar-refractivity contribution is 0.276. The van der Waals surface area contributed by atoms with Crippen LogP contribution in [0.25, 0.3) is 11.2 Å². The quantitative estimate of drug-likeness (QED) is 0.730. The fourth-order valence-electron chi connectivity index (χ4n) is 2.67. The van der Waals surface area contributed by atoms with Crippen molar-refractivity contribution in [1.29, 1.82) is 0 Å². The van der Waals surface area contributed by atoms with E-state index in [1.807, 2.05) is 19.2 Å². The molecule has 5 heteroatoms. The third kappa shape index (κ3) is 3.55. The Morgan fingerprint density at radius 1 is 1.33 bits per heavy atom. The van der Waals surface area contributed by atoms with Gasteiger partial charge in [-0.15, -0.1) is 11.6 Å². The van der Waals surface area contributed by atoms with E-state index in [2.05, 4.69) is 35.2 Å². The van der Waals surface area contributed by atoms with Gasteiger partial charge in [-0.1, -0.05) is 13.8 Å². The molecule has 2 heterocycles. The van der Waals surface area contributed by atoms with Crippen LogP contribution in [0.4, 0.5) is 0 Å². The first-order chi connectivity index (χ1) is 10.1. The molecule has 0 aliphatic rings. The number of hydrogen-bond donors (Lipinski definition) is 0. The SMILES string of the molecule is CCCN(CC)CCn1c(C(C)Cl)nc2c(C)ccnc21. The van der Waals surface area contributed by atoms with Crippen LogP contribution in [0.5, 0.6) is 0 Å². The van der Waals surface area contributed by atoms with E-state index in [1.165, 1.54) is 6.42 Å². The predicted octanol–water partition coefficient (Wildman–Crippen LogP) is 3.77. The molecule has 1 unspecified atom stereocenters. The van der Waals surface area contributed by atoms with Crippen molar-refractivity contribution >= 4 is 22.8 Å². The second-order valence-electron chi connectivity index (χ2n) is 5.47. The van der Waals surface area contributed by atoms with Gasteiger partial charge >= 0.3 is 0 Å². The summed E-state index contributed by atoms with van der Waals surface area (Å²) in [6.45, 7) is 12.5. The van der Waals surface area contributed by atoms with Gasteiger partial charge in [-0.2, -0.15) is 0 Å². The Hall–Kier alpha value is -1.13. The standard InChI is InChI=1S/C16H25ClN4/c1-5-9-20(6-2)10-11-21-15(13(4)17)19-14-12(3)7-8-18-16(14)21/h7-8,13H,5-6,9-11H2,1-4H3. The van der Waals surface area contributed by atoms with Crippen molar-refractivity contribution in [2.75, 3.05) is 19.6 Å². The second kappa shape index (κ2) is 7.23. The Labute approximate surface area is 132 Å². The molecule has 0 aliphatic heterocycles. The predicted molar refractivity (Wildman–Crippen MR) is 88.9 cm³/mol. The van der Waals surface area contributed by atoms with E-state index in [4.69, 9.17) is 16.6 Å². The molecule has 0 amide bonds. The number of nitrogens with zero attached hydrogens (tertiary/aromatic N) is 4. The maximum atomic E-state index is 6.32. The summed E-state index contributed by atoms with van der Waals surface area (Å²) in [7, 11) is 0. The highest BCUT2D eigenvalue weighted by Crippen LogP contribution is 2.25. The molecular formula is C16H25ClN4. The molecule has 0 fully saturated rings. The minimum absolute atomic E-state index is 0.111. The molecule has 116 valence electrons. The third-order valence-electron chi connectivity index (χ3n) is 3.85. The zero-order chi connectivity index (χ0) is 15.4. The summed E-state index contributed by atoms with van der Waals surface area (Å²) in [5.74, 6) is 0.918. The van der Waals surface area contributed by atoms with E-state index in [-0.39, 0.29) is 5.38 Å². The normalized spacial score (nSPS) is 13.2. The molecule has 2 rings (SSSR count). The van der Waals surface area contributed by atoms with Crippen LogP contribution in [-0.4, -0.2) is 39.1 Å². The number of rotatable bonds is 7. The minimum Gasteiger partial charge on any atom is -0.310 e. The van der Waals surface area contributed by atoms with Crippen LogP contribution in [0.1, 0.15) is 44.0 Å². The molecule has 1 atom stereocenters. The topological polar surface area (TPSA) is 34.0 Å². The summed E-state index contributed by atoms with van der Waals surface area (Å²) in [6.07, 6.45) is 3.02. The van der Waals surface area contributed by atoms with E-state index in [0.717, 1.165) is 48.7 Å². The van der Waals surface area contributed by atoms with Crippen LogP contribution < -0.4 is 0 Å². The van der Waals surface area contributed by atoms with Crippen LogP contribution in [0.3, 0.4) is 0 Å². The number of likely N-dealkylation sites (N-methyl/N-ethyl adjacent to an activating group) is 1. The lowest BCUT2D eigenvalue weighted by Crippen LogP contribution is -2.28. The van der Waals surface area contributed by atoms with Gasteiger partial charge in [0.15, 0.2) is 5.65 Å². The number of pyridine rings is 1. The summed E-state index contributed by atoms with van der Waals surface area (Å²) < 4.78 is 2.18. The summed E-state index contributed by atoms with van der Waals surface area (Å²) >= 11 is 6.32. The van der Waals surface area contributed by atoms with Gasteiger partial charge in [0.2, 0.25) is 0 Å². The summed E-state index contributed by atoms with van der Waals surface area (Å²) in [4.78, 5) is 11.7. The molecule has 0 saturated carbocycles. The van der Waals surface area contributed by atoms with Crippen LogP contribution in [0.15, 0.2) is 12.3 Å². The molecule has 0 aliphatic carbocycles. The molecule has 4 nitrogen and oxygen atoms in total. The Bertz CT molecular complexity index is 591. The van der Waals surface area contributed by atoms with Gasteiger partial charge in [-0.05, 0) is 45.0 Å². The molecule has 0 saturated heterocycles. The van der Waals surface area contributed by atoms with Crippen molar-refractivity contribution in [3.8, 4) is 0 Å². The van der Waals surface area contributed by atoms with Gasteiger partial charge in [-0.3, -0.25) is 0 Å². The molecule has 0 spiro atoms. The van der Waals surface area contributed by atoms with Crippen molar-refractivity contribution in [3.63, 3.8) is 0 Å². The molecule has 0 radical (unpaired) electrons. The number of halogens is 1. The Balaban J connectivity index is 2.32. The molecule has 0 bridgehead atoms. The average Bonchev–Trinajstić information content (AvgIpc) is 2.84. The highest BCUT2D eigenvalue weighted by molar-refractivity contribution is 6.20. The number of fused-ring (bicyclic) bond motifs is 1. The largest absolute Gasteiger partial charge is 0.310 e. The third-order valence-corrected chi connectivity index (χ3v) is 4.04. The molecule has 21 heavy (non-hydrogen) atoms. The number of hydrogen-bond acceptors (Lipinski definition) is 3. The fourth-order valence-corrected chi connectivity index (χ4v) is 2.83. The van der Waals surface area contributed by atoms with E-state index in [1.54, 1.807) is 0 Å². The molecule has 0 aromatic carbocycles. The van der Waals surface area contributed by atoms with E-state index in [9.17, 15) is 0 Å². The van der Waals surface area contributed by atoms with Crippen molar-refractivity contribution < 1.29 is 0 Å². The zero-order valence-corrected chi connectivity index (χ0v) is 14.2. The number of aromatic nitrogens is 3. The minimum atomic E-state index is -0.111. The van der Waals surface area contributed by atoms with Gasteiger partial charge in [0.05, 0.1) is 5.38 Å². The van der Waals surface area contributed by atoms with Crippen molar-refractivity contribution in [3.05, 3.63) is 23.7 Å². The fraction of sp³-hybridized carbons (Fsp3) is 0.625. The first-order valence-corrected chi connectivity index (χ1v) is 8.20. The first-order valence-electron chi connectivity index (χ1n) is 7.76. The average molecular weight is 309 g/mol. The van der Waals surface area contributed by atoms with Crippen molar-refractivity contribution in [1.82, 2.24) is 19.4 Å². The van der Waals surface area contributed by atoms with Crippen LogP contribution >= 0.6 is 11.6 Å². The lowest BCUT2D eigenvalue weighted by Gasteiger charge is -2.20.